The van der Waals surface area contributed by atoms with Crippen LogP contribution in [0, 0.1) is 5.82 Å². The number of carbonyl (C=O) groups excluding carboxylic acids is 1. The van der Waals surface area contributed by atoms with Crippen LogP contribution in [0.3, 0.4) is 0 Å². The molecule has 0 aliphatic rings. The summed E-state index contributed by atoms with van der Waals surface area (Å²) in [6.45, 7) is 1.93. The Morgan fingerprint density at radius 1 is 1.19 bits per heavy atom. The summed E-state index contributed by atoms with van der Waals surface area (Å²) in [4.78, 5) is 20.2. The molecule has 0 N–H and O–H groups in total. The lowest BCUT2D eigenvalue weighted by atomic mass is 10.1. The zero-order chi connectivity index (χ0) is 14.8. The Hall–Kier alpha value is -2.56. The second-order valence-corrected chi connectivity index (χ2v) is 4.69. The fourth-order valence-electron chi connectivity index (χ4n) is 2.08. The number of aromatic nitrogens is 2. The van der Waals surface area contributed by atoms with Crippen LogP contribution in [0.25, 0.3) is 22.7 Å². The molecule has 0 amide bonds. The molecule has 0 aliphatic heterocycles. The third kappa shape index (κ3) is 2.54. The van der Waals surface area contributed by atoms with Crippen LogP contribution in [-0.2, 0) is 0 Å². The molecule has 0 saturated heterocycles. The normalized spacial score (nSPS) is 11.0. The summed E-state index contributed by atoms with van der Waals surface area (Å²) in [6.07, 6.45) is 1.20. The smallest absolute Gasteiger partial charge is 0.248 e. The van der Waals surface area contributed by atoms with Crippen molar-refractivity contribution in [3.8, 4) is 11.5 Å². The van der Waals surface area contributed by atoms with Gasteiger partial charge in [0.15, 0.2) is 5.78 Å². The lowest BCUT2D eigenvalue weighted by Crippen LogP contribution is -2.00. The molecule has 3 aromatic rings. The van der Waals surface area contributed by atoms with Crippen molar-refractivity contribution in [2.45, 2.75) is 19.8 Å². The molecule has 106 valence electrons. The second kappa shape index (κ2) is 5.44. The number of benzene rings is 1. The second-order valence-electron chi connectivity index (χ2n) is 4.69. The molecule has 0 saturated carbocycles. The van der Waals surface area contributed by atoms with Gasteiger partial charge in [-0.05, 0) is 30.7 Å². The van der Waals surface area contributed by atoms with E-state index in [-0.39, 0.29) is 23.0 Å². The minimum Gasteiger partial charge on any atom is -0.418 e. The van der Waals surface area contributed by atoms with E-state index in [1.807, 2.05) is 6.92 Å². The van der Waals surface area contributed by atoms with Crippen molar-refractivity contribution >= 4 is 17.0 Å². The molecular weight excluding hydrogens is 271 g/mol. The molecule has 2 aromatic heterocycles. The Kier molecular flexibility index (Phi) is 3.48. The van der Waals surface area contributed by atoms with Crippen LogP contribution in [0.15, 0.2) is 40.8 Å². The molecule has 0 radical (unpaired) electrons. The number of halogens is 1. The van der Waals surface area contributed by atoms with Crippen molar-refractivity contribution in [2.24, 2.45) is 0 Å². The molecule has 1 aromatic carbocycles. The van der Waals surface area contributed by atoms with Gasteiger partial charge in [-0.2, -0.15) is 0 Å². The van der Waals surface area contributed by atoms with Gasteiger partial charge in [0, 0.05) is 6.42 Å². The summed E-state index contributed by atoms with van der Waals surface area (Å²) in [5, 5.41) is 0. The molecule has 0 spiro atoms. The average Bonchev–Trinajstić information content (AvgIpc) is 2.90. The van der Waals surface area contributed by atoms with E-state index in [4.69, 9.17) is 4.42 Å². The standard InChI is InChI=1S/C16H13FN2O2/c1-2-5-14(20)12-8-9-13-16(18-12)21-15(19-13)10-6-3-4-7-11(10)17/h3-4,6-9H,2,5H2,1H3. The summed E-state index contributed by atoms with van der Waals surface area (Å²) in [6, 6.07) is 9.52. The first kappa shape index (κ1) is 13.4. The first-order valence-corrected chi connectivity index (χ1v) is 6.74. The topological polar surface area (TPSA) is 56.0 Å². The zero-order valence-corrected chi connectivity index (χ0v) is 11.5. The number of fused-ring (bicyclic) bond motifs is 1. The lowest BCUT2D eigenvalue weighted by molar-refractivity contribution is 0.0977. The molecule has 0 fully saturated rings. The molecule has 0 bridgehead atoms. The van der Waals surface area contributed by atoms with Crippen LogP contribution in [0.5, 0.6) is 0 Å². The summed E-state index contributed by atoms with van der Waals surface area (Å²) < 4.78 is 19.2. The van der Waals surface area contributed by atoms with E-state index in [0.717, 1.165) is 6.42 Å². The number of ketones is 1. The van der Waals surface area contributed by atoms with Gasteiger partial charge >= 0.3 is 0 Å². The Labute approximate surface area is 120 Å². The van der Waals surface area contributed by atoms with Gasteiger partial charge in [-0.25, -0.2) is 14.4 Å². The maximum absolute atomic E-state index is 13.7. The fourth-order valence-corrected chi connectivity index (χ4v) is 2.08. The predicted octanol–water partition coefficient (Wildman–Crippen LogP) is 4.01. The monoisotopic (exact) mass is 284 g/mol. The van der Waals surface area contributed by atoms with Gasteiger partial charge in [0.2, 0.25) is 11.6 Å². The lowest BCUT2D eigenvalue weighted by Gasteiger charge is -1.96. The maximum Gasteiger partial charge on any atom is 0.248 e. The van der Waals surface area contributed by atoms with Crippen molar-refractivity contribution in [3.05, 3.63) is 47.9 Å². The van der Waals surface area contributed by atoms with Gasteiger partial charge in [0.05, 0.1) is 5.56 Å². The zero-order valence-electron chi connectivity index (χ0n) is 11.5. The van der Waals surface area contributed by atoms with E-state index >= 15 is 0 Å². The van der Waals surface area contributed by atoms with Gasteiger partial charge in [-0.1, -0.05) is 19.1 Å². The molecular formula is C16H13FN2O2. The molecule has 21 heavy (non-hydrogen) atoms. The van der Waals surface area contributed by atoms with E-state index in [0.29, 0.717) is 17.6 Å². The van der Waals surface area contributed by atoms with Crippen molar-refractivity contribution in [2.75, 3.05) is 0 Å². The number of hydrogen-bond donors (Lipinski definition) is 0. The Balaban J connectivity index is 2.05. The van der Waals surface area contributed by atoms with Gasteiger partial charge in [-0.15, -0.1) is 0 Å². The van der Waals surface area contributed by atoms with E-state index < -0.39 is 5.82 Å². The third-order valence-electron chi connectivity index (χ3n) is 3.12. The predicted molar refractivity (Wildman–Crippen MR) is 76.4 cm³/mol. The number of nitrogens with zero attached hydrogens (tertiary/aromatic N) is 2. The van der Waals surface area contributed by atoms with Crippen molar-refractivity contribution in [3.63, 3.8) is 0 Å². The highest BCUT2D eigenvalue weighted by Gasteiger charge is 2.15. The Morgan fingerprint density at radius 3 is 2.76 bits per heavy atom. The average molecular weight is 284 g/mol. The first-order chi connectivity index (χ1) is 10.2. The Morgan fingerprint density at radius 2 is 2.00 bits per heavy atom. The SMILES string of the molecule is CCCC(=O)c1ccc2nc(-c3ccccc3F)oc2n1. The molecule has 4 nitrogen and oxygen atoms in total. The molecule has 0 aliphatic carbocycles. The minimum absolute atomic E-state index is 0.0387. The van der Waals surface area contributed by atoms with E-state index in [1.165, 1.54) is 6.07 Å². The fraction of sp³-hybridized carbons (Fsp3) is 0.188. The summed E-state index contributed by atoms with van der Waals surface area (Å²) in [5.41, 5.74) is 1.37. The van der Waals surface area contributed by atoms with Gasteiger partial charge in [0.25, 0.3) is 0 Å². The number of rotatable bonds is 4. The summed E-state index contributed by atoms with van der Waals surface area (Å²) in [5.74, 6) is -0.287. The number of hydrogen-bond acceptors (Lipinski definition) is 4. The quantitative estimate of drug-likeness (QED) is 0.679. The summed E-state index contributed by atoms with van der Waals surface area (Å²) >= 11 is 0. The third-order valence-corrected chi connectivity index (χ3v) is 3.12. The minimum atomic E-state index is -0.411. The highest BCUT2D eigenvalue weighted by molar-refractivity contribution is 5.95. The Bertz CT molecular complexity index is 811. The van der Waals surface area contributed by atoms with Crippen molar-refractivity contribution in [1.82, 2.24) is 9.97 Å². The van der Waals surface area contributed by atoms with Gasteiger partial charge in [-0.3, -0.25) is 4.79 Å². The van der Waals surface area contributed by atoms with Gasteiger partial charge < -0.3 is 4.42 Å². The van der Waals surface area contributed by atoms with E-state index in [1.54, 1.807) is 30.3 Å². The molecule has 2 heterocycles. The van der Waals surface area contributed by atoms with Crippen LogP contribution < -0.4 is 0 Å². The molecule has 5 heteroatoms. The number of Topliss-reactive ketones (excluding diaryl/α,β-unsaturated/α-hetero) is 1. The van der Waals surface area contributed by atoms with Gasteiger partial charge in [0.1, 0.15) is 17.0 Å². The molecule has 0 atom stereocenters. The van der Waals surface area contributed by atoms with Crippen LogP contribution in [0.2, 0.25) is 0 Å². The number of oxazole rings is 1. The first-order valence-electron chi connectivity index (χ1n) is 6.74. The number of pyridine rings is 1. The van der Waals surface area contributed by atoms with Crippen LogP contribution in [0.1, 0.15) is 30.3 Å². The largest absolute Gasteiger partial charge is 0.418 e. The van der Waals surface area contributed by atoms with Crippen molar-refractivity contribution in [1.29, 1.82) is 0 Å². The molecule has 0 unspecified atom stereocenters. The van der Waals surface area contributed by atoms with Crippen LogP contribution in [0.4, 0.5) is 4.39 Å². The molecule has 3 rings (SSSR count). The maximum atomic E-state index is 13.7. The van der Waals surface area contributed by atoms with Crippen molar-refractivity contribution < 1.29 is 13.6 Å². The van der Waals surface area contributed by atoms with Crippen LogP contribution >= 0.6 is 0 Å². The summed E-state index contributed by atoms with van der Waals surface area (Å²) in [7, 11) is 0. The van der Waals surface area contributed by atoms with Crippen LogP contribution in [-0.4, -0.2) is 15.8 Å². The highest BCUT2D eigenvalue weighted by atomic mass is 19.1. The van der Waals surface area contributed by atoms with E-state index in [9.17, 15) is 9.18 Å². The highest BCUT2D eigenvalue weighted by Crippen LogP contribution is 2.25. The van der Waals surface area contributed by atoms with E-state index in [2.05, 4.69) is 9.97 Å². The number of carbonyl (C=O) groups is 1.